The van der Waals surface area contributed by atoms with Crippen molar-refractivity contribution in [1.82, 2.24) is 0 Å². The van der Waals surface area contributed by atoms with Gasteiger partial charge in [-0.1, -0.05) is 15.9 Å². The van der Waals surface area contributed by atoms with Crippen LogP contribution in [0.3, 0.4) is 0 Å². The standard InChI is InChI=1S/C11H10BrF2NO3/c1-11(2,10(17)18)9(16)15-8-6(13)3-5(12)4-7(8)14/h3-4H,1-2H3,(H,15,16)(H,17,18). The Hall–Kier alpha value is -1.50. The Bertz CT molecular complexity index is 494. The first-order valence-corrected chi connectivity index (χ1v) is 5.65. The molecular formula is C11H10BrF2NO3. The second-order valence-electron chi connectivity index (χ2n) is 4.13. The number of carboxylic acid groups (broad SMARTS) is 1. The van der Waals surface area contributed by atoms with Gasteiger partial charge in [0, 0.05) is 4.47 Å². The van der Waals surface area contributed by atoms with Gasteiger partial charge in [-0.25, -0.2) is 8.78 Å². The van der Waals surface area contributed by atoms with Gasteiger partial charge in [0.1, 0.15) is 11.1 Å². The Kier molecular flexibility index (Phi) is 4.05. The number of anilines is 1. The van der Waals surface area contributed by atoms with E-state index in [9.17, 15) is 18.4 Å². The molecule has 0 aliphatic heterocycles. The zero-order valence-corrected chi connectivity index (χ0v) is 11.1. The molecule has 1 amide bonds. The maximum Gasteiger partial charge on any atom is 0.318 e. The lowest BCUT2D eigenvalue weighted by atomic mass is 9.92. The molecule has 0 saturated carbocycles. The van der Waals surface area contributed by atoms with Crippen LogP contribution in [0.4, 0.5) is 14.5 Å². The minimum Gasteiger partial charge on any atom is -0.480 e. The van der Waals surface area contributed by atoms with Crippen molar-refractivity contribution < 1.29 is 23.5 Å². The van der Waals surface area contributed by atoms with Crippen LogP contribution in [-0.4, -0.2) is 17.0 Å². The number of halogens is 3. The van der Waals surface area contributed by atoms with Crippen LogP contribution in [0.25, 0.3) is 0 Å². The van der Waals surface area contributed by atoms with Crippen LogP contribution >= 0.6 is 15.9 Å². The molecule has 7 heteroatoms. The molecule has 18 heavy (non-hydrogen) atoms. The molecule has 0 bridgehead atoms. The van der Waals surface area contributed by atoms with Gasteiger partial charge in [-0.15, -0.1) is 0 Å². The topological polar surface area (TPSA) is 66.4 Å². The van der Waals surface area contributed by atoms with E-state index in [1.165, 1.54) is 0 Å². The van der Waals surface area contributed by atoms with Gasteiger partial charge in [-0.3, -0.25) is 9.59 Å². The van der Waals surface area contributed by atoms with Crippen molar-refractivity contribution >= 4 is 33.5 Å². The van der Waals surface area contributed by atoms with E-state index in [4.69, 9.17) is 5.11 Å². The number of nitrogens with one attached hydrogen (secondary N) is 1. The molecule has 0 heterocycles. The van der Waals surface area contributed by atoms with Crippen LogP contribution < -0.4 is 5.32 Å². The number of amides is 1. The van der Waals surface area contributed by atoms with Gasteiger partial charge in [-0.05, 0) is 26.0 Å². The third-order valence-corrected chi connectivity index (χ3v) is 2.81. The third-order valence-electron chi connectivity index (χ3n) is 2.35. The smallest absolute Gasteiger partial charge is 0.318 e. The van der Waals surface area contributed by atoms with Crippen LogP contribution in [-0.2, 0) is 9.59 Å². The van der Waals surface area contributed by atoms with E-state index in [-0.39, 0.29) is 4.47 Å². The fraction of sp³-hybridized carbons (Fsp3) is 0.273. The lowest BCUT2D eigenvalue weighted by Gasteiger charge is -2.18. The van der Waals surface area contributed by atoms with Gasteiger partial charge in [0.05, 0.1) is 0 Å². The van der Waals surface area contributed by atoms with Crippen LogP contribution in [0.15, 0.2) is 16.6 Å². The van der Waals surface area contributed by atoms with Gasteiger partial charge in [-0.2, -0.15) is 0 Å². The summed E-state index contributed by atoms with van der Waals surface area (Å²) in [5, 5.41) is 10.8. The van der Waals surface area contributed by atoms with Crippen molar-refractivity contribution in [3.8, 4) is 0 Å². The summed E-state index contributed by atoms with van der Waals surface area (Å²) in [7, 11) is 0. The molecule has 0 aliphatic rings. The molecule has 0 unspecified atom stereocenters. The Morgan fingerprint density at radius 2 is 1.72 bits per heavy atom. The Balaban J connectivity index is 3.07. The number of carbonyl (C=O) groups excluding carboxylic acids is 1. The molecule has 0 aromatic heterocycles. The molecule has 0 radical (unpaired) electrons. The predicted octanol–water partition coefficient (Wildman–Crippen LogP) is 2.78. The van der Waals surface area contributed by atoms with Crippen molar-refractivity contribution in [1.29, 1.82) is 0 Å². The highest BCUT2D eigenvalue weighted by Gasteiger charge is 2.36. The average molecular weight is 322 g/mol. The highest BCUT2D eigenvalue weighted by molar-refractivity contribution is 9.10. The zero-order chi connectivity index (χ0) is 14.1. The maximum atomic E-state index is 13.4. The number of carbonyl (C=O) groups is 2. The second kappa shape index (κ2) is 5.01. The summed E-state index contributed by atoms with van der Waals surface area (Å²) in [6.45, 7) is 2.28. The number of rotatable bonds is 3. The van der Waals surface area contributed by atoms with Crippen molar-refractivity contribution in [2.45, 2.75) is 13.8 Å². The first-order valence-electron chi connectivity index (χ1n) is 4.85. The molecule has 1 aromatic rings. The van der Waals surface area contributed by atoms with E-state index < -0.39 is 34.6 Å². The summed E-state index contributed by atoms with van der Waals surface area (Å²) in [5.41, 5.74) is -2.45. The van der Waals surface area contributed by atoms with Gasteiger partial charge in [0.15, 0.2) is 11.6 Å². The SMILES string of the molecule is CC(C)(C(=O)O)C(=O)Nc1c(F)cc(Br)cc1F. The molecule has 98 valence electrons. The molecule has 0 fully saturated rings. The van der Waals surface area contributed by atoms with E-state index >= 15 is 0 Å². The Labute approximate surface area is 110 Å². The highest BCUT2D eigenvalue weighted by atomic mass is 79.9. The number of benzene rings is 1. The summed E-state index contributed by atoms with van der Waals surface area (Å²) < 4.78 is 27.0. The molecule has 0 saturated heterocycles. The number of carboxylic acids is 1. The molecule has 0 aliphatic carbocycles. The summed E-state index contributed by atoms with van der Waals surface area (Å²) in [6, 6.07) is 1.93. The molecule has 1 aromatic carbocycles. The van der Waals surface area contributed by atoms with Crippen molar-refractivity contribution in [2.24, 2.45) is 5.41 Å². The summed E-state index contributed by atoms with van der Waals surface area (Å²) in [6.07, 6.45) is 0. The van der Waals surface area contributed by atoms with E-state index in [1.807, 2.05) is 5.32 Å². The maximum absolute atomic E-state index is 13.4. The van der Waals surface area contributed by atoms with Gasteiger partial charge >= 0.3 is 5.97 Å². The van der Waals surface area contributed by atoms with E-state index in [1.54, 1.807) is 0 Å². The molecule has 0 atom stereocenters. The monoisotopic (exact) mass is 321 g/mol. The predicted molar refractivity (Wildman–Crippen MR) is 64.1 cm³/mol. The van der Waals surface area contributed by atoms with E-state index in [0.29, 0.717) is 0 Å². The van der Waals surface area contributed by atoms with Crippen LogP contribution in [0.2, 0.25) is 0 Å². The molecule has 0 spiro atoms. The fourth-order valence-electron chi connectivity index (χ4n) is 1.03. The lowest BCUT2D eigenvalue weighted by Crippen LogP contribution is -2.38. The number of hydrogen-bond acceptors (Lipinski definition) is 2. The highest BCUT2D eigenvalue weighted by Crippen LogP contribution is 2.26. The molecule has 2 N–H and O–H groups in total. The van der Waals surface area contributed by atoms with Crippen LogP contribution in [0.5, 0.6) is 0 Å². The van der Waals surface area contributed by atoms with Crippen LogP contribution in [0, 0.1) is 17.0 Å². The summed E-state index contributed by atoms with van der Waals surface area (Å²) in [4.78, 5) is 22.4. The first kappa shape index (κ1) is 14.6. The average Bonchev–Trinajstić information content (AvgIpc) is 2.22. The second-order valence-corrected chi connectivity index (χ2v) is 5.04. The third kappa shape index (κ3) is 2.84. The van der Waals surface area contributed by atoms with Gasteiger partial charge in [0.25, 0.3) is 0 Å². The van der Waals surface area contributed by atoms with E-state index in [0.717, 1.165) is 26.0 Å². The fourth-order valence-corrected chi connectivity index (χ4v) is 1.43. The molecule has 4 nitrogen and oxygen atoms in total. The van der Waals surface area contributed by atoms with Crippen molar-refractivity contribution in [3.05, 3.63) is 28.2 Å². The zero-order valence-electron chi connectivity index (χ0n) is 9.55. The van der Waals surface area contributed by atoms with Crippen LogP contribution in [0.1, 0.15) is 13.8 Å². The molecule has 1 rings (SSSR count). The van der Waals surface area contributed by atoms with E-state index in [2.05, 4.69) is 15.9 Å². The minimum absolute atomic E-state index is 0.174. The Morgan fingerprint density at radius 1 is 1.28 bits per heavy atom. The minimum atomic E-state index is -1.79. The normalized spacial score (nSPS) is 11.2. The van der Waals surface area contributed by atoms with Crippen molar-refractivity contribution in [3.63, 3.8) is 0 Å². The lowest BCUT2D eigenvalue weighted by molar-refractivity contribution is -0.151. The first-order chi connectivity index (χ1) is 8.16. The van der Waals surface area contributed by atoms with Gasteiger partial charge in [0.2, 0.25) is 5.91 Å². The summed E-state index contributed by atoms with van der Waals surface area (Å²) in [5.74, 6) is -4.37. The largest absolute Gasteiger partial charge is 0.480 e. The summed E-state index contributed by atoms with van der Waals surface area (Å²) >= 11 is 2.89. The number of hydrogen-bond donors (Lipinski definition) is 2. The number of aliphatic carboxylic acids is 1. The van der Waals surface area contributed by atoms with Gasteiger partial charge < -0.3 is 10.4 Å². The van der Waals surface area contributed by atoms with Crippen molar-refractivity contribution in [2.75, 3.05) is 5.32 Å². The molecular weight excluding hydrogens is 312 g/mol. The quantitative estimate of drug-likeness (QED) is 0.841. The Morgan fingerprint density at radius 3 is 2.11 bits per heavy atom.